The Hall–Kier alpha value is -2.01. The molecule has 84 valence electrons. The number of nitrogens with two attached hydrogens (primary N) is 1. The fourth-order valence-electron chi connectivity index (χ4n) is 1.75. The molecule has 1 aromatic carbocycles. The Kier molecular flexibility index (Phi) is 2.26. The molecule has 0 amide bonds. The summed E-state index contributed by atoms with van der Waals surface area (Å²) in [6.45, 7) is 2.00. The van der Waals surface area contributed by atoms with Crippen molar-refractivity contribution in [1.82, 2.24) is 10.1 Å². The van der Waals surface area contributed by atoms with Crippen LogP contribution in [0.2, 0.25) is 0 Å². The molecule has 17 heavy (non-hydrogen) atoms. The lowest BCUT2D eigenvalue weighted by Gasteiger charge is -1.95. The van der Waals surface area contributed by atoms with E-state index in [-0.39, 0.29) is 0 Å². The molecule has 3 rings (SSSR count). The fraction of sp³-hybridized carbons (Fsp3) is 0.0833. The minimum Gasteiger partial charge on any atom is -0.372 e. The third-order valence-corrected chi connectivity index (χ3v) is 3.28. The van der Waals surface area contributed by atoms with Gasteiger partial charge in [0.05, 0.1) is 0 Å². The number of benzene rings is 1. The summed E-state index contributed by atoms with van der Waals surface area (Å²) in [4.78, 5) is 5.39. The largest absolute Gasteiger partial charge is 0.412 e. The molecule has 0 aliphatic heterocycles. The molecule has 2 heterocycles. The normalized spacial score (nSPS) is 10.9. The Bertz CT molecular complexity index is 676. The Morgan fingerprint density at radius 2 is 2.00 bits per heavy atom. The average molecular weight is 243 g/mol. The van der Waals surface area contributed by atoms with Crippen molar-refractivity contribution in [3.05, 3.63) is 42.1 Å². The van der Waals surface area contributed by atoms with E-state index >= 15 is 0 Å². The number of aromatic nitrogens is 3. The van der Waals surface area contributed by atoms with Crippen molar-refractivity contribution >= 4 is 21.4 Å². The number of hydrogen-bond acceptors (Lipinski definition) is 4. The van der Waals surface area contributed by atoms with Gasteiger partial charge >= 0.3 is 4.96 Å². The summed E-state index contributed by atoms with van der Waals surface area (Å²) >= 11 is 1.39. The van der Waals surface area contributed by atoms with Gasteiger partial charge in [0.25, 0.3) is 0 Å². The van der Waals surface area contributed by atoms with Gasteiger partial charge in [-0.05, 0) is 21.4 Å². The third kappa shape index (κ3) is 1.74. The maximum atomic E-state index is 5.69. The number of hydrogen-bond donors (Lipinski definition) is 1. The van der Waals surface area contributed by atoms with Crippen LogP contribution in [0.3, 0.4) is 0 Å². The Morgan fingerprint density at radius 1 is 1.24 bits per heavy atom. The minimum atomic E-state index is 0.533. The third-order valence-electron chi connectivity index (χ3n) is 2.54. The standard InChI is InChI=1S/C12H11N4S/c1-8-7-10(9-5-3-2-4-6-9)14-12-16(8)15-11(13)17-12/h2-7H,1H3,(H2,13,15)/q+1. The Labute approximate surface area is 102 Å². The zero-order valence-electron chi connectivity index (χ0n) is 9.29. The van der Waals surface area contributed by atoms with Crippen LogP contribution in [-0.4, -0.2) is 10.1 Å². The van der Waals surface area contributed by atoms with E-state index in [1.165, 1.54) is 11.3 Å². The van der Waals surface area contributed by atoms with Crippen LogP contribution in [0.1, 0.15) is 5.69 Å². The highest BCUT2D eigenvalue weighted by Crippen LogP contribution is 2.19. The van der Waals surface area contributed by atoms with Gasteiger partial charge < -0.3 is 5.73 Å². The molecule has 0 unspecified atom stereocenters. The molecule has 3 aromatic rings. The highest BCUT2D eigenvalue weighted by Gasteiger charge is 2.17. The number of fused-ring (bicyclic) bond motifs is 1. The lowest BCUT2D eigenvalue weighted by atomic mass is 10.1. The van der Waals surface area contributed by atoms with E-state index in [1.807, 2.05) is 43.3 Å². The molecule has 4 nitrogen and oxygen atoms in total. The van der Waals surface area contributed by atoms with Crippen molar-refractivity contribution in [2.24, 2.45) is 0 Å². The van der Waals surface area contributed by atoms with Crippen molar-refractivity contribution in [3.63, 3.8) is 0 Å². The topological polar surface area (TPSA) is 55.9 Å². The highest BCUT2D eigenvalue weighted by atomic mass is 32.1. The van der Waals surface area contributed by atoms with E-state index in [1.54, 1.807) is 4.52 Å². The summed E-state index contributed by atoms with van der Waals surface area (Å²) in [5.74, 6) is 0. The van der Waals surface area contributed by atoms with E-state index in [9.17, 15) is 0 Å². The predicted octanol–water partition coefficient (Wildman–Crippen LogP) is 1.83. The first-order valence-corrected chi connectivity index (χ1v) is 6.07. The van der Waals surface area contributed by atoms with E-state index in [0.717, 1.165) is 21.9 Å². The van der Waals surface area contributed by atoms with Gasteiger partial charge in [-0.2, -0.15) is 0 Å². The van der Waals surface area contributed by atoms with Crippen molar-refractivity contribution in [2.45, 2.75) is 6.92 Å². The zero-order chi connectivity index (χ0) is 11.8. The van der Waals surface area contributed by atoms with Crippen LogP contribution < -0.4 is 10.2 Å². The van der Waals surface area contributed by atoms with Crippen LogP contribution in [0.15, 0.2) is 36.4 Å². The molecule has 0 fully saturated rings. The van der Waals surface area contributed by atoms with Crippen LogP contribution in [-0.2, 0) is 0 Å². The van der Waals surface area contributed by atoms with Gasteiger partial charge in [0.15, 0.2) is 5.69 Å². The summed E-state index contributed by atoms with van der Waals surface area (Å²) < 4.78 is 1.77. The summed E-state index contributed by atoms with van der Waals surface area (Å²) in [6, 6.07) is 12.1. The summed E-state index contributed by atoms with van der Waals surface area (Å²) in [6.07, 6.45) is 0. The molecule has 0 saturated carbocycles. The number of rotatable bonds is 1. The molecular formula is C12H11N4S+. The van der Waals surface area contributed by atoms with Crippen LogP contribution in [0, 0.1) is 6.92 Å². The van der Waals surface area contributed by atoms with Gasteiger partial charge in [0.1, 0.15) is 5.69 Å². The molecule has 0 bridgehead atoms. The van der Waals surface area contributed by atoms with Crippen LogP contribution >= 0.6 is 11.3 Å². The minimum absolute atomic E-state index is 0.533. The first-order chi connectivity index (χ1) is 8.24. The molecule has 0 aliphatic rings. The molecule has 0 spiro atoms. The van der Waals surface area contributed by atoms with E-state index < -0.39 is 0 Å². The van der Waals surface area contributed by atoms with Crippen LogP contribution in [0.4, 0.5) is 5.13 Å². The van der Waals surface area contributed by atoms with Crippen molar-refractivity contribution in [3.8, 4) is 11.3 Å². The monoisotopic (exact) mass is 243 g/mol. The maximum absolute atomic E-state index is 5.69. The van der Waals surface area contributed by atoms with Gasteiger partial charge in [-0.15, -0.1) is 0 Å². The molecule has 5 heteroatoms. The van der Waals surface area contributed by atoms with Crippen LogP contribution in [0.5, 0.6) is 0 Å². The van der Waals surface area contributed by atoms with Gasteiger partial charge in [-0.25, -0.2) is 0 Å². The summed E-state index contributed by atoms with van der Waals surface area (Å²) in [5, 5.41) is 4.73. The number of anilines is 1. The number of nitrogen functional groups attached to an aromatic ring is 1. The summed E-state index contributed by atoms with van der Waals surface area (Å²) in [7, 11) is 0. The van der Waals surface area contributed by atoms with Gasteiger partial charge in [0.2, 0.25) is 5.13 Å². The molecule has 2 aromatic heterocycles. The lowest BCUT2D eigenvalue weighted by molar-refractivity contribution is -0.583. The molecule has 2 N–H and O–H groups in total. The second kappa shape index (κ2) is 3.78. The molecular weight excluding hydrogens is 232 g/mol. The second-order valence-electron chi connectivity index (χ2n) is 3.78. The van der Waals surface area contributed by atoms with Gasteiger partial charge in [-0.3, -0.25) is 0 Å². The van der Waals surface area contributed by atoms with Crippen molar-refractivity contribution in [2.75, 3.05) is 5.73 Å². The fourth-order valence-corrected chi connectivity index (χ4v) is 2.47. The first-order valence-electron chi connectivity index (χ1n) is 5.25. The Morgan fingerprint density at radius 3 is 2.76 bits per heavy atom. The van der Waals surface area contributed by atoms with Crippen molar-refractivity contribution < 1.29 is 4.52 Å². The SMILES string of the molecule is Cc1cc(-c2ccccc2)nc2sc(N)n[n+]12. The lowest BCUT2D eigenvalue weighted by Crippen LogP contribution is -2.28. The molecule has 0 atom stereocenters. The predicted molar refractivity (Wildman–Crippen MR) is 67.7 cm³/mol. The van der Waals surface area contributed by atoms with Gasteiger partial charge in [-0.1, -0.05) is 34.8 Å². The summed E-state index contributed by atoms with van der Waals surface area (Å²) in [5.41, 5.74) is 8.78. The quantitative estimate of drug-likeness (QED) is 0.663. The van der Waals surface area contributed by atoms with E-state index in [2.05, 4.69) is 10.1 Å². The number of aryl methyl sites for hydroxylation is 1. The average Bonchev–Trinajstić information content (AvgIpc) is 2.71. The van der Waals surface area contributed by atoms with Gasteiger partial charge in [0, 0.05) is 18.6 Å². The van der Waals surface area contributed by atoms with Crippen LogP contribution in [0.25, 0.3) is 16.2 Å². The zero-order valence-corrected chi connectivity index (χ0v) is 10.1. The smallest absolute Gasteiger partial charge is 0.372 e. The molecule has 0 saturated heterocycles. The van der Waals surface area contributed by atoms with E-state index in [4.69, 9.17) is 5.73 Å². The van der Waals surface area contributed by atoms with Crippen molar-refractivity contribution in [1.29, 1.82) is 0 Å². The maximum Gasteiger partial charge on any atom is 0.412 e. The van der Waals surface area contributed by atoms with E-state index in [0.29, 0.717) is 5.13 Å². The molecule has 0 radical (unpaired) electrons. The number of nitrogens with zero attached hydrogens (tertiary/aromatic N) is 3. The first kappa shape index (κ1) is 10.2. The second-order valence-corrected chi connectivity index (χ2v) is 4.77. The molecule has 0 aliphatic carbocycles. The Balaban J connectivity index is 2.25. The highest BCUT2D eigenvalue weighted by molar-refractivity contribution is 7.19.